The van der Waals surface area contributed by atoms with Crippen molar-refractivity contribution in [1.29, 1.82) is 0 Å². The maximum absolute atomic E-state index is 12.1. The highest BCUT2D eigenvalue weighted by molar-refractivity contribution is 5.78. The zero-order valence-corrected chi connectivity index (χ0v) is 13.0. The third-order valence-corrected chi connectivity index (χ3v) is 3.96. The van der Waals surface area contributed by atoms with Crippen LogP contribution in [0.5, 0.6) is 5.75 Å². The third kappa shape index (κ3) is 3.30. The number of hydrogen-bond acceptors (Lipinski definition) is 3. The Hall–Kier alpha value is -2.30. The van der Waals surface area contributed by atoms with E-state index in [2.05, 4.69) is 5.10 Å². The molecular formula is C17H21N3O2. The van der Waals surface area contributed by atoms with Gasteiger partial charge in [-0.2, -0.15) is 5.10 Å². The lowest BCUT2D eigenvalue weighted by Gasteiger charge is -2.39. The number of nitrogens with zero attached hydrogens (tertiary/aromatic N) is 3. The van der Waals surface area contributed by atoms with Gasteiger partial charge < -0.3 is 9.64 Å². The van der Waals surface area contributed by atoms with Crippen LogP contribution in [0.4, 0.5) is 0 Å². The molecule has 1 saturated heterocycles. The van der Waals surface area contributed by atoms with E-state index in [1.165, 1.54) is 5.56 Å². The Morgan fingerprint density at radius 3 is 2.77 bits per heavy atom. The number of para-hydroxylation sites is 1. The fourth-order valence-electron chi connectivity index (χ4n) is 2.67. The Balaban J connectivity index is 1.43. The molecular weight excluding hydrogens is 278 g/mol. The van der Waals surface area contributed by atoms with Crippen molar-refractivity contribution in [3.8, 4) is 5.75 Å². The van der Waals surface area contributed by atoms with Crippen molar-refractivity contribution in [1.82, 2.24) is 14.7 Å². The molecule has 0 N–H and O–H groups in total. The average molecular weight is 299 g/mol. The molecule has 1 fully saturated rings. The summed E-state index contributed by atoms with van der Waals surface area (Å²) in [4.78, 5) is 13.9. The zero-order chi connectivity index (χ0) is 15.5. The lowest BCUT2D eigenvalue weighted by atomic mass is 10.0. The Morgan fingerprint density at radius 2 is 2.09 bits per heavy atom. The molecule has 22 heavy (non-hydrogen) atoms. The Kier molecular flexibility index (Phi) is 4.13. The average Bonchev–Trinajstić information content (AvgIpc) is 2.86. The van der Waals surface area contributed by atoms with E-state index in [-0.39, 0.29) is 12.5 Å². The number of rotatable bonds is 5. The van der Waals surface area contributed by atoms with E-state index < -0.39 is 0 Å². The monoisotopic (exact) mass is 299 g/mol. The second-order valence-corrected chi connectivity index (χ2v) is 5.96. The first kappa shape index (κ1) is 14.6. The fraction of sp³-hybridized carbons (Fsp3) is 0.412. The highest BCUT2D eigenvalue weighted by atomic mass is 16.5. The first-order valence-electron chi connectivity index (χ1n) is 7.57. The van der Waals surface area contributed by atoms with Crippen LogP contribution in [0.15, 0.2) is 36.7 Å². The van der Waals surface area contributed by atoms with Crippen LogP contribution in [0.2, 0.25) is 0 Å². The van der Waals surface area contributed by atoms with Gasteiger partial charge in [0, 0.05) is 31.7 Å². The van der Waals surface area contributed by atoms with Crippen LogP contribution >= 0.6 is 0 Å². The van der Waals surface area contributed by atoms with Crippen molar-refractivity contribution in [2.75, 3.05) is 19.7 Å². The van der Waals surface area contributed by atoms with Crippen LogP contribution in [0, 0.1) is 19.8 Å². The molecule has 1 aliphatic heterocycles. The number of ether oxygens (including phenoxy) is 1. The number of likely N-dealkylation sites (tertiary alicyclic amines) is 1. The van der Waals surface area contributed by atoms with Crippen molar-refractivity contribution < 1.29 is 9.53 Å². The lowest BCUT2D eigenvalue weighted by molar-refractivity contribution is -0.140. The summed E-state index contributed by atoms with van der Waals surface area (Å²) in [7, 11) is 0. The quantitative estimate of drug-likeness (QED) is 0.849. The Labute approximate surface area is 130 Å². The van der Waals surface area contributed by atoms with Gasteiger partial charge in [0.05, 0.1) is 6.20 Å². The summed E-state index contributed by atoms with van der Waals surface area (Å²) in [6.07, 6.45) is 3.89. The van der Waals surface area contributed by atoms with E-state index in [0.717, 1.165) is 30.9 Å². The highest BCUT2D eigenvalue weighted by Gasteiger charge is 2.31. The van der Waals surface area contributed by atoms with Crippen LogP contribution in [-0.2, 0) is 11.3 Å². The van der Waals surface area contributed by atoms with Crippen LogP contribution in [0.3, 0.4) is 0 Å². The van der Waals surface area contributed by atoms with Gasteiger partial charge in [-0.1, -0.05) is 18.2 Å². The van der Waals surface area contributed by atoms with Gasteiger partial charge in [0.1, 0.15) is 5.75 Å². The first-order valence-corrected chi connectivity index (χ1v) is 7.57. The van der Waals surface area contributed by atoms with E-state index in [1.54, 1.807) is 0 Å². The highest BCUT2D eigenvalue weighted by Crippen LogP contribution is 2.19. The molecule has 0 spiro atoms. The van der Waals surface area contributed by atoms with Gasteiger partial charge in [-0.25, -0.2) is 0 Å². The van der Waals surface area contributed by atoms with Crippen LogP contribution in [-0.4, -0.2) is 40.3 Å². The molecule has 0 unspecified atom stereocenters. The molecule has 5 heteroatoms. The molecule has 1 aliphatic rings. The second-order valence-electron chi connectivity index (χ2n) is 5.96. The predicted molar refractivity (Wildman–Crippen MR) is 83.7 cm³/mol. The predicted octanol–water partition coefficient (Wildman–Crippen LogP) is 2.04. The van der Waals surface area contributed by atoms with Crippen LogP contribution in [0.1, 0.15) is 11.1 Å². The third-order valence-electron chi connectivity index (χ3n) is 3.96. The number of carbonyl (C=O) groups excluding carboxylic acids is 1. The standard InChI is InChI=1S/C17H21N3O2/c1-13-7-18-20(8-13)11-15-9-19(10-15)17(21)12-22-16-6-4-3-5-14(16)2/h3-8,15H,9-12H2,1-2H3. The van der Waals surface area contributed by atoms with Gasteiger partial charge in [-0.3, -0.25) is 9.48 Å². The lowest BCUT2D eigenvalue weighted by Crippen LogP contribution is -2.52. The molecule has 1 amide bonds. The molecule has 1 aromatic heterocycles. The van der Waals surface area contributed by atoms with Crippen LogP contribution < -0.4 is 4.74 Å². The molecule has 0 radical (unpaired) electrons. The molecule has 0 saturated carbocycles. The van der Waals surface area contributed by atoms with Gasteiger partial charge >= 0.3 is 0 Å². The van der Waals surface area contributed by atoms with E-state index in [4.69, 9.17) is 4.74 Å². The summed E-state index contributed by atoms with van der Waals surface area (Å²) in [5.41, 5.74) is 2.21. The van der Waals surface area contributed by atoms with E-state index in [1.807, 2.05) is 60.1 Å². The number of aryl methyl sites for hydroxylation is 2. The van der Waals surface area contributed by atoms with Crippen LogP contribution in [0.25, 0.3) is 0 Å². The van der Waals surface area contributed by atoms with E-state index >= 15 is 0 Å². The van der Waals surface area contributed by atoms with Crippen molar-refractivity contribution in [2.24, 2.45) is 5.92 Å². The zero-order valence-electron chi connectivity index (χ0n) is 13.0. The second kappa shape index (κ2) is 6.22. The molecule has 0 bridgehead atoms. The minimum atomic E-state index is 0.0520. The normalized spacial score (nSPS) is 14.7. The van der Waals surface area contributed by atoms with Crippen molar-refractivity contribution in [2.45, 2.75) is 20.4 Å². The topological polar surface area (TPSA) is 47.4 Å². The summed E-state index contributed by atoms with van der Waals surface area (Å²) in [6, 6.07) is 7.74. The summed E-state index contributed by atoms with van der Waals surface area (Å²) in [6.45, 7) is 6.56. The van der Waals surface area contributed by atoms with E-state index in [0.29, 0.717) is 5.92 Å². The Bertz CT molecular complexity index is 659. The fourth-order valence-corrected chi connectivity index (χ4v) is 2.67. The minimum Gasteiger partial charge on any atom is -0.484 e. The van der Waals surface area contributed by atoms with Gasteiger partial charge in [-0.05, 0) is 31.0 Å². The molecule has 2 heterocycles. The number of aromatic nitrogens is 2. The molecule has 5 nitrogen and oxygen atoms in total. The first-order chi connectivity index (χ1) is 10.6. The largest absolute Gasteiger partial charge is 0.484 e. The SMILES string of the molecule is Cc1cnn(CC2CN(C(=O)COc3ccccc3C)C2)c1. The molecule has 0 aliphatic carbocycles. The van der Waals surface area contributed by atoms with Crippen molar-refractivity contribution in [3.63, 3.8) is 0 Å². The number of carbonyl (C=O) groups is 1. The van der Waals surface area contributed by atoms with Gasteiger partial charge in [0.2, 0.25) is 0 Å². The Morgan fingerprint density at radius 1 is 1.32 bits per heavy atom. The number of amides is 1. The summed E-state index contributed by atoms with van der Waals surface area (Å²) in [5.74, 6) is 1.32. The number of hydrogen-bond donors (Lipinski definition) is 0. The molecule has 0 atom stereocenters. The van der Waals surface area contributed by atoms with Gasteiger partial charge in [0.15, 0.2) is 6.61 Å². The van der Waals surface area contributed by atoms with Crippen molar-refractivity contribution >= 4 is 5.91 Å². The summed E-state index contributed by atoms with van der Waals surface area (Å²) in [5, 5.41) is 4.28. The molecule has 3 rings (SSSR count). The summed E-state index contributed by atoms with van der Waals surface area (Å²) >= 11 is 0. The van der Waals surface area contributed by atoms with Gasteiger partial charge in [-0.15, -0.1) is 0 Å². The van der Waals surface area contributed by atoms with Crippen molar-refractivity contribution in [3.05, 3.63) is 47.8 Å². The molecule has 1 aromatic carbocycles. The maximum Gasteiger partial charge on any atom is 0.260 e. The molecule has 2 aromatic rings. The van der Waals surface area contributed by atoms with Gasteiger partial charge in [0.25, 0.3) is 5.91 Å². The molecule has 116 valence electrons. The van der Waals surface area contributed by atoms with E-state index in [9.17, 15) is 4.79 Å². The minimum absolute atomic E-state index is 0.0520. The smallest absolute Gasteiger partial charge is 0.260 e. The maximum atomic E-state index is 12.1. The number of benzene rings is 1. The summed E-state index contributed by atoms with van der Waals surface area (Å²) < 4.78 is 7.55.